The second-order valence-electron chi connectivity index (χ2n) is 8.68. The van der Waals surface area contributed by atoms with Crippen LogP contribution in [0.25, 0.3) is 0 Å². The fraction of sp³-hybridized carbons (Fsp3) is 0.259. The molecule has 0 radical (unpaired) electrons. The minimum absolute atomic E-state index is 0.104. The van der Waals surface area contributed by atoms with Gasteiger partial charge in [0.2, 0.25) is 5.91 Å². The summed E-state index contributed by atoms with van der Waals surface area (Å²) in [6, 6.07) is 23.4. The van der Waals surface area contributed by atoms with E-state index in [4.69, 9.17) is 11.6 Å². The summed E-state index contributed by atoms with van der Waals surface area (Å²) in [5.41, 5.74) is 5.38. The highest BCUT2D eigenvalue weighted by atomic mass is 35.5. The first kappa shape index (κ1) is 21.5. The molecule has 0 bridgehead atoms. The van der Waals surface area contributed by atoms with Gasteiger partial charge in [-0.25, -0.2) is 0 Å². The Hall–Kier alpha value is -3.31. The predicted octanol–water partition coefficient (Wildman–Crippen LogP) is 5.06. The van der Waals surface area contributed by atoms with E-state index in [0.29, 0.717) is 11.3 Å². The smallest absolute Gasteiger partial charge is 0.253 e. The Morgan fingerprint density at radius 3 is 2.42 bits per heavy atom. The minimum Gasteiger partial charge on any atom is -0.366 e. The van der Waals surface area contributed by atoms with Gasteiger partial charge in [-0.3, -0.25) is 9.59 Å². The first-order valence-corrected chi connectivity index (χ1v) is 11.8. The zero-order chi connectivity index (χ0) is 22.8. The van der Waals surface area contributed by atoms with Crippen LogP contribution >= 0.6 is 11.6 Å². The molecule has 168 valence electrons. The van der Waals surface area contributed by atoms with Gasteiger partial charge < -0.3 is 15.5 Å². The van der Waals surface area contributed by atoms with Gasteiger partial charge in [-0.05, 0) is 54.2 Å². The van der Waals surface area contributed by atoms with Gasteiger partial charge in [0.05, 0.1) is 5.56 Å². The third-order valence-corrected chi connectivity index (χ3v) is 6.67. The van der Waals surface area contributed by atoms with Gasteiger partial charge in [0, 0.05) is 30.5 Å². The van der Waals surface area contributed by atoms with Crippen molar-refractivity contribution in [3.63, 3.8) is 0 Å². The minimum atomic E-state index is -0.812. The lowest BCUT2D eigenvalue weighted by Gasteiger charge is -2.32. The standard InChI is InChI=1S/C27H26ClN3O2/c28-25(19-7-2-1-3-8-19)27(33)30-22-12-13-24(23(16-22)26(32)29-21-10-11-21)31-15-14-18-6-4-5-9-20(18)17-31/h1-9,12-13,16,21,25H,10-11,14-15,17H2,(H,29,32)(H,30,33). The SMILES string of the molecule is O=C(NC1CC1)c1cc(NC(=O)C(Cl)c2ccccc2)ccc1N1CCc2ccccc2C1. The molecule has 0 saturated heterocycles. The Kier molecular flexibility index (Phi) is 6.05. The predicted molar refractivity (Wildman–Crippen MR) is 132 cm³/mol. The zero-order valence-electron chi connectivity index (χ0n) is 18.3. The quantitative estimate of drug-likeness (QED) is 0.506. The molecule has 1 atom stereocenters. The molecule has 6 heteroatoms. The number of fused-ring (bicyclic) bond motifs is 1. The maximum atomic E-state index is 13.1. The number of halogens is 1. The number of nitrogens with one attached hydrogen (secondary N) is 2. The lowest BCUT2D eigenvalue weighted by Crippen LogP contribution is -2.33. The number of alkyl halides is 1. The van der Waals surface area contributed by atoms with Crippen LogP contribution in [0.4, 0.5) is 11.4 Å². The summed E-state index contributed by atoms with van der Waals surface area (Å²) < 4.78 is 0. The molecular weight excluding hydrogens is 434 g/mol. The topological polar surface area (TPSA) is 61.4 Å². The number of hydrogen-bond donors (Lipinski definition) is 2. The Bertz CT molecular complexity index is 1180. The van der Waals surface area contributed by atoms with E-state index in [1.165, 1.54) is 11.1 Å². The highest BCUT2D eigenvalue weighted by Crippen LogP contribution is 2.31. The molecule has 1 fully saturated rings. The van der Waals surface area contributed by atoms with E-state index in [-0.39, 0.29) is 17.9 Å². The van der Waals surface area contributed by atoms with Crippen molar-refractivity contribution in [3.05, 3.63) is 95.1 Å². The lowest BCUT2D eigenvalue weighted by molar-refractivity contribution is -0.116. The molecular formula is C27H26ClN3O2. The van der Waals surface area contributed by atoms with Crippen molar-refractivity contribution in [1.82, 2.24) is 5.32 Å². The van der Waals surface area contributed by atoms with Crippen molar-refractivity contribution in [3.8, 4) is 0 Å². The van der Waals surface area contributed by atoms with Crippen molar-refractivity contribution in [2.24, 2.45) is 0 Å². The molecule has 0 spiro atoms. The molecule has 3 aromatic carbocycles. The van der Waals surface area contributed by atoms with Crippen LogP contribution in [0.3, 0.4) is 0 Å². The van der Waals surface area contributed by atoms with Gasteiger partial charge in [0.25, 0.3) is 5.91 Å². The van der Waals surface area contributed by atoms with Crippen LogP contribution in [0.15, 0.2) is 72.8 Å². The molecule has 2 aliphatic rings. The second-order valence-corrected chi connectivity index (χ2v) is 9.12. The lowest BCUT2D eigenvalue weighted by atomic mass is 9.98. The number of carbonyl (C=O) groups is 2. The molecule has 3 aromatic rings. The van der Waals surface area contributed by atoms with Crippen molar-refractivity contribution in [1.29, 1.82) is 0 Å². The maximum Gasteiger partial charge on any atom is 0.253 e. The fourth-order valence-electron chi connectivity index (χ4n) is 4.24. The maximum absolute atomic E-state index is 13.1. The fourth-order valence-corrected chi connectivity index (χ4v) is 4.44. The third kappa shape index (κ3) is 4.88. The Morgan fingerprint density at radius 1 is 0.939 bits per heavy atom. The highest BCUT2D eigenvalue weighted by molar-refractivity contribution is 6.32. The summed E-state index contributed by atoms with van der Waals surface area (Å²) in [6.07, 6.45) is 2.96. The van der Waals surface area contributed by atoms with Crippen LogP contribution in [-0.2, 0) is 17.8 Å². The summed E-state index contributed by atoms with van der Waals surface area (Å²) in [6.45, 7) is 1.59. The van der Waals surface area contributed by atoms with Crippen LogP contribution < -0.4 is 15.5 Å². The number of hydrogen-bond acceptors (Lipinski definition) is 3. The van der Waals surface area contributed by atoms with E-state index in [2.05, 4.69) is 39.8 Å². The van der Waals surface area contributed by atoms with E-state index in [9.17, 15) is 9.59 Å². The number of amides is 2. The van der Waals surface area contributed by atoms with E-state index >= 15 is 0 Å². The van der Waals surface area contributed by atoms with Gasteiger partial charge in [-0.1, -0.05) is 54.6 Å². The highest BCUT2D eigenvalue weighted by Gasteiger charge is 2.27. The monoisotopic (exact) mass is 459 g/mol. The summed E-state index contributed by atoms with van der Waals surface area (Å²) in [5, 5.41) is 5.16. The molecule has 2 N–H and O–H groups in total. The number of rotatable bonds is 6. The normalized spacial score (nSPS) is 16.0. The van der Waals surface area contributed by atoms with Gasteiger partial charge in [-0.2, -0.15) is 0 Å². The summed E-state index contributed by atoms with van der Waals surface area (Å²) >= 11 is 6.39. The summed E-state index contributed by atoms with van der Waals surface area (Å²) in [7, 11) is 0. The Labute approximate surface area is 198 Å². The largest absolute Gasteiger partial charge is 0.366 e. The first-order chi connectivity index (χ1) is 16.1. The number of nitrogens with zero attached hydrogens (tertiary/aromatic N) is 1. The van der Waals surface area contributed by atoms with E-state index in [1.807, 2.05) is 42.5 Å². The van der Waals surface area contributed by atoms with Crippen LogP contribution in [-0.4, -0.2) is 24.4 Å². The van der Waals surface area contributed by atoms with Crippen LogP contribution in [0.2, 0.25) is 0 Å². The third-order valence-electron chi connectivity index (χ3n) is 6.22. The first-order valence-electron chi connectivity index (χ1n) is 11.3. The van der Waals surface area contributed by atoms with Crippen LogP contribution in [0.1, 0.15) is 45.3 Å². The average Bonchev–Trinajstić information content (AvgIpc) is 3.67. The molecule has 33 heavy (non-hydrogen) atoms. The molecule has 0 aromatic heterocycles. The van der Waals surface area contributed by atoms with Crippen LogP contribution in [0, 0.1) is 0 Å². The number of carbonyl (C=O) groups excluding carboxylic acids is 2. The number of anilines is 2. The van der Waals surface area contributed by atoms with Crippen molar-refractivity contribution in [2.45, 2.75) is 37.2 Å². The number of benzene rings is 3. The molecule has 1 aliphatic carbocycles. The van der Waals surface area contributed by atoms with Crippen LogP contribution in [0.5, 0.6) is 0 Å². The molecule has 5 rings (SSSR count). The summed E-state index contributed by atoms with van der Waals surface area (Å²) in [4.78, 5) is 28.1. The van der Waals surface area contributed by atoms with Crippen molar-refractivity contribution >= 4 is 34.8 Å². The molecule has 5 nitrogen and oxygen atoms in total. The van der Waals surface area contributed by atoms with E-state index in [0.717, 1.165) is 43.6 Å². The summed E-state index contributed by atoms with van der Waals surface area (Å²) in [5.74, 6) is -0.427. The average molecular weight is 460 g/mol. The molecule has 1 unspecified atom stereocenters. The van der Waals surface area contributed by atoms with E-state index < -0.39 is 5.38 Å². The Balaban J connectivity index is 1.40. The molecule has 1 aliphatic heterocycles. The zero-order valence-corrected chi connectivity index (χ0v) is 19.0. The Morgan fingerprint density at radius 2 is 1.67 bits per heavy atom. The van der Waals surface area contributed by atoms with E-state index in [1.54, 1.807) is 6.07 Å². The molecule has 1 heterocycles. The molecule has 1 saturated carbocycles. The van der Waals surface area contributed by atoms with Crippen molar-refractivity contribution < 1.29 is 9.59 Å². The second kappa shape index (κ2) is 9.28. The van der Waals surface area contributed by atoms with Gasteiger partial charge in [-0.15, -0.1) is 11.6 Å². The van der Waals surface area contributed by atoms with Gasteiger partial charge in [0.1, 0.15) is 5.38 Å². The molecule has 2 amide bonds. The van der Waals surface area contributed by atoms with Gasteiger partial charge >= 0.3 is 0 Å². The van der Waals surface area contributed by atoms with Gasteiger partial charge in [0.15, 0.2) is 0 Å². The van der Waals surface area contributed by atoms with Crippen molar-refractivity contribution in [2.75, 3.05) is 16.8 Å².